The number of urea groups is 1. The standard InChI is InChI=1S/C11H12FN5OS2/c1-13-9(18)17(2)10-15-16-11(20-10)19-6-7-4-3-5-8(12)14-7/h3-5H,6H2,1-2H3,(H,13,18). The summed E-state index contributed by atoms with van der Waals surface area (Å²) in [5.41, 5.74) is 0.631. The van der Waals surface area contributed by atoms with Gasteiger partial charge in [-0.05, 0) is 12.1 Å². The van der Waals surface area contributed by atoms with Gasteiger partial charge in [-0.25, -0.2) is 9.78 Å². The van der Waals surface area contributed by atoms with Gasteiger partial charge in [0, 0.05) is 19.8 Å². The van der Waals surface area contributed by atoms with E-state index in [9.17, 15) is 9.18 Å². The second-order valence-corrected chi connectivity index (χ2v) is 5.88. The maximum atomic E-state index is 12.9. The Labute approximate surface area is 123 Å². The fourth-order valence-electron chi connectivity index (χ4n) is 1.32. The number of anilines is 1. The second-order valence-electron chi connectivity index (χ2n) is 3.71. The molecule has 0 unspecified atom stereocenters. The summed E-state index contributed by atoms with van der Waals surface area (Å²) in [6.07, 6.45) is 0. The zero-order valence-corrected chi connectivity index (χ0v) is 12.5. The zero-order valence-electron chi connectivity index (χ0n) is 10.8. The molecule has 0 saturated carbocycles. The minimum absolute atomic E-state index is 0.260. The molecular weight excluding hydrogens is 301 g/mol. The van der Waals surface area contributed by atoms with E-state index in [2.05, 4.69) is 20.5 Å². The fourth-order valence-corrected chi connectivity index (χ4v) is 3.02. The van der Waals surface area contributed by atoms with E-state index >= 15 is 0 Å². The number of nitrogens with one attached hydrogen (secondary N) is 1. The first kappa shape index (κ1) is 14.7. The van der Waals surface area contributed by atoms with E-state index in [-0.39, 0.29) is 6.03 Å². The lowest BCUT2D eigenvalue weighted by atomic mass is 10.4. The van der Waals surface area contributed by atoms with Crippen molar-refractivity contribution >= 4 is 34.3 Å². The van der Waals surface area contributed by atoms with Crippen molar-refractivity contribution in [3.63, 3.8) is 0 Å². The highest BCUT2D eigenvalue weighted by Crippen LogP contribution is 2.29. The third-order valence-corrected chi connectivity index (χ3v) is 4.48. The molecule has 106 valence electrons. The molecule has 20 heavy (non-hydrogen) atoms. The molecule has 2 aromatic rings. The normalized spacial score (nSPS) is 10.3. The number of halogens is 1. The quantitative estimate of drug-likeness (QED) is 0.532. The Morgan fingerprint density at radius 3 is 3.00 bits per heavy atom. The molecule has 2 heterocycles. The number of pyridine rings is 1. The molecule has 0 spiro atoms. The molecule has 0 saturated heterocycles. The maximum absolute atomic E-state index is 12.9. The van der Waals surface area contributed by atoms with E-state index in [1.807, 2.05) is 0 Å². The van der Waals surface area contributed by atoms with Crippen molar-refractivity contribution in [2.45, 2.75) is 10.1 Å². The molecule has 0 aliphatic rings. The van der Waals surface area contributed by atoms with Gasteiger partial charge < -0.3 is 5.32 Å². The van der Waals surface area contributed by atoms with Crippen LogP contribution < -0.4 is 10.2 Å². The summed E-state index contributed by atoms with van der Waals surface area (Å²) in [7, 11) is 3.16. The number of rotatable bonds is 4. The van der Waals surface area contributed by atoms with Crippen LogP contribution in [0.4, 0.5) is 14.3 Å². The summed E-state index contributed by atoms with van der Waals surface area (Å²) in [5, 5.41) is 10.9. The molecule has 0 radical (unpaired) electrons. The van der Waals surface area contributed by atoms with Crippen LogP contribution in [0.1, 0.15) is 5.69 Å². The summed E-state index contributed by atoms with van der Waals surface area (Å²) in [5.74, 6) is -0.00351. The van der Waals surface area contributed by atoms with Crippen molar-refractivity contribution < 1.29 is 9.18 Å². The summed E-state index contributed by atoms with van der Waals surface area (Å²) in [4.78, 5) is 16.6. The van der Waals surface area contributed by atoms with Gasteiger partial charge in [0.1, 0.15) is 0 Å². The third kappa shape index (κ3) is 3.64. The number of aromatic nitrogens is 3. The molecule has 6 nitrogen and oxygen atoms in total. The predicted octanol–water partition coefficient (Wildman–Crippen LogP) is 2.14. The van der Waals surface area contributed by atoms with Gasteiger partial charge in [-0.15, -0.1) is 10.2 Å². The van der Waals surface area contributed by atoms with Gasteiger partial charge in [0.15, 0.2) is 4.34 Å². The largest absolute Gasteiger partial charge is 0.341 e. The van der Waals surface area contributed by atoms with E-state index in [0.717, 1.165) is 0 Å². The number of carbonyl (C=O) groups excluding carboxylic acids is 1. The predicted molar refractivity (Wildman–Crippen MR) is 76.5 cm³/mol. The van der Waals surface area contributed by atoms with Gasteiger partial charge in [0.25, 0.3) is 0 Å². The first-order chi connectivity index (χ1) is 9.60. The van der Waals surface area contributed by atoms with Crippen LogP contribution in [0.15, 0.2) is 22.5 Å². The van der Waals surface area contributed by atoms with Crippen LogP contribution in [0, 0.1) is 5.95 Å². The van der Waals surface area contributed by atoms with Crippen LogP contribution in [0.25, 0.3) is 0 Å². The number of nitrogens with zero attached hydrogens (tertiary/aromatic N) is 4. The number of hydrogen-bond acceptors (Lipinski definition) is 6. The van der Waals surface area contributed by atoms with Gasteiger partial charge >= 0.3 is 6.03 Å². The minimum Gasteiger partial charge on any atom is -0.341 e. The highest BCUT2D eigenvalue weighted by molar-refractivity contribution is 8.00. The smallest absolute Gasteiger partial charge is 0.323 e. The molecule has 0 aliphatic carbocycles. The molecule has 0 aliphatic heterocycles. The molecule has 2 aromatic heterocycles. The number of hydrogen-bond donors (Lipinski definition) is 1. The lowest BCUT2D eigenvalue weighted by molar-refractivity contribution is 0.249. The van der Waals surface area contributed by atoms with Gasteiger partial charge in [-0.1, -0.05) is 29.2 Å². The van der Waals surface area contributed by atoms with Crippen LogP contribution in [-0.2, 0) is 5.75 Å². The average Bonchev–Trinajstić information content (AvgIpc) is 2.92. The van der Waals surface area contributed by atoms with Gasteiger partial charge in [-0.3, -0.25) is 4.90 Å². The van der Waals surface area contributed by atoms with E-state index in [1.54, 1.807) is 26.2 Å². The minimum atomic E-state index is -0.500. The average molecular weight is 313 g/mol. The Morgan fingerprint density at radius 1 is 1.50 bits per heavy atom. The third-order valence-electron chi connectivity index (χ3n) is 2.32. The van der Waals surface area contributed by atoms with Gasteiger partial charge in [0.2, 0.25) is 11.1 Å². The summed E-state index contributed by atoms with van der Waals surface area (Å²) in [6, 6.07) is 4.40. The lowest BCUT2D eigenvalue weighted by Gasteiger charge is -2.10. The number of thioether (sulfide) groups is 1. The first-order valence-corrected chi connectivity index (χ1v) is 7.43. The monoisotopic (exact) mass is 313 g/mol. The first-order valence-electron chi connectivity index (χ1n) is 5.63. The van der Waals surface area contributed by atoms with Crippen molar-refractivity contribution in [3.05, 3.63) is 29.8 Å². The van der Waals surface area contributed by atoms with Gasteiger partial charge in [-0.2, -0.15) is 4.39 Å². The molecule has 0 bridgehead atoms. The molecule has 0 aromatic carbocycles. The molecule has 2 amide bonds. The van der Waals surface area contributed by atoms with Crippen LogP contribution in [0.2, 0.25) is 0 Å². The molecule has 2 rings (SSSR count). The van der Waals surface area contributed by atoms with Crippen molar-refractivity contribution in [2.24, 2.45) is 0 Å². The van der Waals surface area contributed by atoms with E-state index in [4.69, 9.17) is 0 Å². The summed E-state index contributed by atoms with van der Waals surface area (Å²) >= 11 is 2.69. The van der Waals surface area contributed by atoms with Crippen molar-refractivity contribution in [1.29, 1.82) is 0 Å². The van der Waals surface area contributed by atoms with E-state index in [0.29, 0.717) is 20.9 Å². The Kier molecular flexibility index (Phi) is 4.85. The van der Waals surface area contributed by atoms with Crippen LogP contribution in [-0.4, -0.2) is 35.3 Å². The Morgan fingerprint density at radius 2 is 2.30 bits per heavy atom. The summed E-state index contributed by atoms with van der Waals surface area (Å²) < 4.78 is 13.6. The second kappa shape index (κ2) is 6.62. The number of amides is 2. The summed E-state index contributed by atoms with van der Waals surface area (Å²) in [6.45, 7) is 0. The Bertz CT molecular complexity index is 606. The highest BCUT2D eigenvalue weighted by atomic mass is 32.2. The Balaban J connectivity index is 1.98. The zero-order chi connectivity index (χ0) is 14.5. The Hall–Kier alpha value is -1.74. The van der Waals surface area contributed by atoms with Crippen molar-refractivity contribution in [2.75, 3.05) is 19.0 Å². The SMILES string of the molecule is CNC(=O)N(C)c1nnc(SCc2cccc(F)n2)s1. The molecule has 9 heteroatoms. The van der Waals surface area contributed by atoms with Gasteiger partial charge in [0.05, 0.1) is 5.69 Å². The molecule has 1 N–H and O–H groups in total. The maximum Gasteiger partial charge on any atom is 0.323 e. The van der Waals surface area contributed by atoms with Crippen molar-refractivity contribution in [3.8, 4) is 0 Å². The molecular formula is C11H12FN5OS2. The van der Waals surface area contributed by atoms with Crippen LogP contribution in [0.5, 0.6) is 0 Å². The fraction of sp³-hybridized carbons (Fsp3) is 0.273. The van der Waals surface area contributed by atoms with Crippen LogP contribution in [0.3, 0.4) is 0 Å². The molecule has 0 atom stereocenters. The van der Waals surface area contributed by atoms with E-state index < -0.39 is 5.95 Å². The topological polar surface area (TPSA) is 71.0 Å². The molecule has 0 fully saturated rings. The van der Waals surface area contributed by atoms with E-state index in [1.165, 1.54) is 34.1 Å². The van der Waals surface area contributed by atoms with Crippen LogP contribution >= 0.6 is 23.1 Å². The van der Waals surface area contributed by atoms with Crippen molar-refractivity contribution in [1.82, 2.24) is 20.5 Å². The highest BCUT2D eigenvalue weighted by Gasteiger charge is 2.14. The lowest BCUT2D eigenvalue weighted by Crippen LogP contribution is -2.34. The number of carbonyl (C=O) groups is 1.